The van der Waals surface area contributed by atoms with E-state index in [1.807, 2.05) is 0 Å². The van der Waals surface area contributed by atoms with Crippen molar-refractivity contribution in [2.45, 2.75) is 6.10 Å². The van der Waals surface area contributed by atoms with Gasteiger partial charge in [0.05, 0.1) is 25.9 Å². The van der Waals surface area contributed by atoms with Crippen LogP contribution in [0.4, 0.5) is 10.2 Å². The number of nitrogens with one attached hydrogen (secondary N) is 1. The summed E-state index contributed by atoms with van der Waals surface area (Å²) in [6.07, 6.45) is 0.0174. The Kier molecular flexibility index (Phi) is 3.47. The Morgan fingerprint density at radius 1 is 1.47 bits per heavy atom. The van der Waals surface area contributed by atoms with Gasteiger partial charge in [-0.25, -0.2) is 4.98 Å². The minimum absolute atomic E-state index is 0.0174. The molecule has 0 spiro atoms. The van der Waals surface area contributed by atoms with Gasteiger partial charge in [0.2, 0.25) is 5.95 Å². The first-order valence-electron chi connectivity index (χ1n) is 4.90. The molecule has 1 N–H and O–H groups in total. The molecule has 1 aliphatic heterocycles. The van der Waals surface area contributed by atoms with Crippen LogP contribution in [0.3, 0.4) is 0 Å². The molecule has 0 aromatic carbocycles. The zero-order chi connectivity index (χ0) is 10.5. The molecule has 0 aliphatic carbocycles. The zero-order valence-electron chi connectivity index (χ0n) is 8.28. The van der Waals surface area contributed by atoms with E-state index < -0.39 is 5.95 Å². The number of hydrogen-bond acceptors (Lipinski definition) is 4. The maximum atomic E-state index is 12.7. The number of nitrogens with zero attached hydrogens (tertiary/aromatic N) is 1. The summed E-state index contributed by atoms with van der Waals surface area (Å²) >= 11 is 0. The second-order valence-corrected chi connectivity index (χ2v) is 3.29. The van der Waals surface area contributed by atoms with Gasteiger partial charge in [-0.2, -0.15) is 4.39 Å². The molecule has 2 rings (SSSR count). The average Bonchev–Trinajstić information content (AvgIpc) is 2.28. The monoisotopic (exact) mass is 212 g/mol. The summed E-state index contributed by atoms with van der Waals surface area (Å²) in [5.74, 6) is 0.0324. The quantitative estimate of drug-likeness (QED) is 0.760. The molecule has 4 nitrogen and oxygen atoms in total. The molecule has 0 radical (unpaired) electrons. The summed E-state index contributed by atoms with van der Waals surface area (Å²) in [6, 6.07) is 4.64. The molecule has 1 saturated heterocycles. The van der Waals surface area contributed by atoms with Crippen molar-refractivity contribution in [1.82, 2.24) is 4.98 Å². The Hall–Kier alpha value is -1.20. The molecule has 0 bridgehead atoms. The van der Waals surface area contributed by atoms with Crippen LogP contribution in [0.15, 0.2) is 18.2 Å². The third-order valence-corrected chi connectivity index (χ3v) is 2.11. The number of anilines is 1. The number of rotatable bonds is 3. The number of hydrogen-bond donors (Lipinski definition) is 1. The first-order chi connectivity index (χ1) is 7.34. The van der Waals surface area contributed by atoms with Gasteiger partial charge >= 0.3 is 0 Å². The van der Waals surface area contributed by atoms with Crippen LogP contribution >= 0.6 is 0 Å². The van der Waals surface area contributed by atoms with E-state index in [-0.39, 0.29) is 6.10 Å². The smallest absolute Gasteiger partial charge is 0.214 e. The lowest BCUT2D eigenvalue weighted by atomic mass is 10.3. The molecule has 1 aliphatic rings. The van der Waals surface area contributed by atoms with E-state index in [0.717, 1.165) is 0 Å². The molecular formula is C10H13FN2O2. The van der Waals surface area contributed by atoms with Crippen molar-refractivity contribution in [2.75, 3.05) is 31.7 Å². The fraction of sp³-hybridized carbons (Fsp3) is 0.500. The Morgan fingerprint density at radius 2 is 2.40 bits per heavy atom. The lowest BCUT2D eigenvalue weighted by Crippen LogP contribution is -2.34. The molecule has 1 fully saturated rings. The van der Waals surface area contributed by atoms with Gasteiger partial charge in [0.15, 0.2) is 0 Å². The van der Waals surface area contributed by atoms with Crippen LogP contribution in [0, 0.1) is 5.95 Å². The molecule has 0 saturated carbocycles. The van der Waals surface area contributed by atoms with Crippen LogP contribution in [0.5, 0.6) is 0 Å². The molecule has 1 unspecified atom stereocenters. The fourth-order valence-corrected chi connectivity index (χ4v) is 1.38. The van der Waals surface area contributed by atoms with Crippen LogP contribution in [0.1, 0.15) is 0 Å². The van der Waals surface area contributed by atoms with Crippen molar-refractivity contribution in [3.05, 3.63) is 24.1 Å². The van der Waals surface area contributed by atoms with Crippen molar-refractivity contribution in [3.8, 4) is 0 Å². The molecule has 82 valence electrons. The first kappa shape index (κ1) is 10.3. The van der Waals surface area contributed by atoms with Crippen LogP contribution in [-0.2, 0) is 9.47 Å². The number of pyridine rings is 1. The fourth-order valence-electron chi connectivity index (χ4n) is 1.38. The second kappa shape index (κ2) is 5.04. The maximum absolute atomic E-state index is 12.7. The highest BCUT2D eigenvalue weighted by molar-refractivity contribution is 5.33. The Morgan fingerprint density at radius 3 is 3.13 bits per heavy atom. The molecule has 15 heavy (non-hydrogen) atoms. The lowest BCUT2D eigenvalue weighted by molar-refractivity contribution is -0.0819. The maximum Gasteiger partial charge on any atom is 0.214 e. The van der Waals surface area contributed by atoms with Crippen molar-refractivity contribution >= 4 is 5.82 Å². The summed E-state index contributed by atoms with van der Waals surface area (Å²) in [6.45, 7) is 2.41. The summed E-state index contributed by atoms with van der Waals surface area (Å²) in [5.41, 5.74) is 0. The third-order valence-electron chi connectivity index (χ3n) is 2.11. The third kappa shape index (κ3) is 3.14. The highest BCUT2D eigenvalue weighted by atomic mass is 19.1. The standard InChI is InChI=1S/C10H13FN2O2/c11-9-2-1-3-10(13-9)12-6-8-7-14-4-5-15-8/h1-3,8H,4-7H2,(H,12,13). The van der Waals surface area contributed by atoms with Crippen LogP contribution in [0.25, 0.3) is 0 Å². The molecule has 1 aromatic heterocycles. The van der Waals surface area contributed by atoms with Crippen LogP contribution in [-0.4, -0.2) is 37.5 Å². The van der Waals surface area contributed by atoms with Crippen molar-refractivity contribution in [1.29, 1.82) is 0 Å². The van der Waals surface area contributed by atoms with E-state index in [9.17, 15) is 4.39 Å². The summed E-state index contributed by atoms with van der Waals surface area (Å²) < 4.78 is 23.4. The minimum Gasteiger partial charge on any atom is -0.376 e. The molecule has 1 atom stereocenters. The zero-order valence-corrected chi connectivity index (χ0v) is 8.28. The van der Waals surface area contributed by atoms with Gasteiger partial charge in [-0.1, -0.05) is 6.07 Å². The summed E-state index contributed by atoms with van der Waals surface area (Å²) in [7, 11) is 0. The highest BCUT2D eigenvalue weighted by Gasteiger charge is 2.13. The molecule has 0 amide bonds. The van der Waals surface area contributed by atoms with Crippen LogP contribution in [0.2, 0.25) is 0 Å². The van der Waals surface area contributed by atoms with Gasteiger partial charge in [-0.15, -0.1) is 0 Å². The summed E-state index contributed by atoms with van der Waals surface area (Å²) in [5, 5.41) is 3.00. The van der Waals surface area contributed by atoms with Crippen molar-refractivity contribution in [2.24, 2.45) is 0 Å². The Balaban J connectivity index is 1.81. The Bertz CT molecular complexity index is 316. The Labute approximate surface area is 87.4 Å². The largest absolute Gasteiger partial charge is 0.376 e. The van der Waals surface area contributed by atoms with E-state index in [4.69, 9.17) is 9.47 Å². The predicted molar refractivity (Wildman–Crippen MR) is 53.2 cm³/mol. The van der Waals surface area contributed by atoms with Gasteiger partial charge in [0, 0.05) is 6.54 Å². The normalized spacial score (nSPS) is 21.3. The molecular weight excluding hydrogens is 199 g/mol. The second-order valence-electron chi connectivity index (χ2n) is 3.29. The van der Waals surface area contributed by atoms with Crippen molar-refractivity contribution < 1.29 is 13.9 Å². The van der Waals surface area contributed by atoms with Gasteiger partial charge in [-0.3, -0.25) is 0 Å². The van der Waals surface area contributed by atoms with E-state index in [1.165, 1.54) is 6.07 Å². The molecule has 1 aromatic rings. The van der Waals surface area contributed by atoms with E-state index in [1.54, 1.807) is 12.1 Å². The van der Waals surface area contributed by atoms with Gasteiger partial charge in [-0.05, 0) is 12.1 Å². The molecule has 5 heteroatoms. The van der Waals surface area contributed by atoms with Gasteiger partial charge in [0.1, 0.15) is 5.82 Å². The van der Waals surface area contributed by atoms with Gasteiger partial charge in [0.25, 0.3) is 0 Å². The number of aromatic nitrogens is 1. The lowest BCUT2D eigenvalue weighted by Gasteiger charge is -2.23. The first-order valence-corrected chi connectivity index (χ1v) is 4.90. The van der Waals surface area contributed by atoms with Crippen LogP contribution < -0.4 is 5.32 Å². The number of halogens is 1. The highest BCUT2D eigenvalue weighted by Crippen LogP contribution is 2.06. The van der Waals surface area contributed by atoms with Gasteiger partial charge < -0.3 is 14.8 Å². The topological polar surface area (TPSA) is 43.4 Å². The predicted octanol–water partition coefficient (Wildman–Crippen LogP) is 1.05. The summed E-state index contributed by atoms with van der Waals surface area (Å²) in [4.78, 5) is 3.68. The molecule has 2 heterocycles. The van der Waals surface area contributed by atoms with E-state index in [0.29, 0.717) is 32.2 Å². The van der Waals surface area contributed by atoms with E-state index >= 15 is 0 Å². The minimum atomic E-state index is -0.485. The van der Waals surface area contributed by atoms with E-state index in [2.05, 4.69) is 10.3 Å². The SMILES string of the molecule is Fc1cccc(NCC2COCCO2)n1. The number of ether oxygens (including phenoxy) is 2. The van der Waals surface area contributed by atoms with Crippen molar-refractivity contribution in [3.63, 3.8) is 0 Å². The average molecular weight is 212 g/mol.